The van der Waals surface area contributed by atoms with Crippen LogP contribution in [0.3, 0.4) is 0 Å². The van der Waals surface area contributed by atoms with E-state index in [4.69, 9.17) is 20.4 Å². The van der Waals surface area contributed by atoms with Crippen molar-refractivity contribution in [2.75, 3.05) is 75.1 Å². The normalized spacial score (nSPS) is 19.4. The van der Waals surface area contributed by atoms with E-state index in [1.165, 1.54) is 48.5 Å². The number of carbonyl (C=O) groups is 1. The van der Waals surface area contributed by atoms with Crippen molar-refractivity contribution in [3.05, 3.63) is 40.3 Å². The largest absolute Gasteiger partial charge is 0.381 e. The van der Waals surface area contributed by atoms with Gasteiger partial charge < -0.3 is 30.9 Å². The number of aromatic nitrogens is 3. The summed E-state index contributed by atoms with van der Waals surface area (Å²) >= 11 is 1.47. The van der Waals surface area contributed by atoms with Crippen LogP contribution in [0.2, 0.25) is 0 Å². The minimum atomic E-state index is -0.639. The van der Waals surface area contributed by atoms with Gasteiger partial charge in [-0.3, -0.25) is 9.69 Å². The predicted octanol–water partition coefficient (Wildman–Crippen LogP) is 3.81. The van der Waals surface area contributed by atoms with Gasteiger partial charge in [0, 0.05) is 81.3 Å². The summed E-state index contributed by atoms with van der Waals surface area (Å²) in [4.78, 5) is 34.2. The predicted molar refractivity (Wildman–Crippen MR) is 173 cm³/mol. The van der Waals surface area contributed by atoms with E-state index >= 15 is 0 Å². The third kappa shape index (κ3) is 6.93. The highest BCUT2D eigenvalue weighted by Crippen LogP contribution is 2.33. The molecule has 3 fully saturated rings. The van der Waals surface area contributed by atoms with Crippen LogP contribution in [0.25, 0.3) is 11.4 Å². The molecule has 1 amide bonds. The van der Waals surface area contributed by atoms with Crippen LogP contribution in [-0.2, 0) is 11.2 Å². The number of piperazine rings is 1. The molecule has 0 unspecified atom stereocenters. The summed E-state index contributed by atoms with van der Waals surface area (Å²) in [6.07, 6.45) is 5.02. The summed E-state index contributed by atoms with van der Waals surface area (Å²) in [5, 5.41) is 8.82. The van der Waals surface area contributed by atoms with Crippen molar-refractivity contribution in [1.29, 1.82) is 0 Å². The zero-order valence-corrected chi connectivity index (χ0v) is 26.0. The third-order valence-electron chi connectivity index (χ3n) is 8.95. The second kappa shape index (κ2) is 13.5. The van der Waals surface area contributed by atoms with Crippen LogP contribution in [0, 0.1) is 0 Å². The molecule has 6 rings (SSSR count). The molecule has 5 heterocycles. The summed E-state index contributed by atoms with van der Waals surface area (Å²) < 4.78 is 5.54. The number of nitrogens with one attached hydrogen (secondary N) is 2. The maximum atomic E-state index is 12.6. The number of nitrogens with zero attached hydrogens (tertiary/aromatic N) is 6. The molecule has 1 aromatic carbocycles. The smallest absolute Gasteiger partial charge is 0.271 e. The van der Waals surface area contributed by atoms with Crippen molar-refractivity contribution < 1.29 is 9.53 Å². The number of carbonyl (C=O) groups excluding carboxylic acids is 1. The van der Waals surface area contributed by atoms with Crippen LogP contribution < -0.4 is 21.3 Å². The molecule has 0 bridgehead atoms. The minimum absolute atomic E-state index is 0.0913. The lowest BCUT2D eigenvalue weighted by Gasteiger charge is -2.43. The lowest BCUT2D eigenvalue weighted by atomic mass is 10.00. The number of amides is 1. The number of thiazole rings is 1. The first kappa shape index (κ1) is 29.7. The number of benzene rings is 1. The van der Waals surface area contributed by atoms with E-state index in [2.05, 4.69) is 62.5 Å². The molecule has 0 saturated carbocycles. The average molecular weight is 606 g/mol. The molecule has 12 heteroatoms. The Morgan fingerprint density at radius 1 is 1.05 bits per heavy atom. The summed E-state index contributed by atoms with van der Waals surface area (Å²) in [6, 6.07) is 7.29. The number of aryl methyl sites for hydroxylation is 1. The minimum Gasteiger partial charge on any atom is -0.381 e. The number of primary amides is 1. The number of hydrogen-bond donors (Lipinski definition) is 3. The summed E-state index contributed by atoms with van der Waals surface area (Å²) in [6.45, 7) is 10.4. The fourth-order valence-electron chi connectivity index (χ4n) is 6.39. The van der Waals surface area contributed by atoms with Crippen molar-refractivity contribution in [1.82, 2.24) is 24.8 Å². The van der Waals surface area contributed by atoms with Gasteiger partial charge in [0.05, 0.1) is 5.51 Å². The van der Waals surface area contributed by atoms with Crippen LogP contribution in [0.4, 0.5) is 23.0 Å². The Balaban J connectivity index is 1.22. The van der Waals surface area contributed by atoms with Crippen molar-refractivity contribution in [3.8, 4) is 11.4 Å². The van der Waals surface area contributed by atoms with Crippen molar-refractivity contribution >= 4 is 40.3 Å². The standard InChI is InChI=1S/C31H43N9O2S/c1-3-21-18-23(4-5-26(21)40-10-6-24(7-11-40)39-14-12-38(2)13-15-39)35-31-28(29(32)41)36-27(25-19-43-20-33-25)30(37-31)34-22-8-16-42-17-9-22/h4-5,18-20,22,24H,3,6-17H2,1-2H3,(H2,32,41)(H2,34,35,37). The fourth-order valence-corrected chi connectivity index (χ4v) is 6.93. The highest BCUT2D eigenvalue weighted by Gasteiger charge is 2.28. The molecule has 3 aromatic rings. The van der Waals surface area contributed by atoms with Crippen LogP contribution in [0.15, 0.2) is 29.1 Å². The molecule has 0 spiro atoms. The highest BCUT2D eigenvalue weighted by atomic mass is 32.1. The second-order valence-electron chi connectivity index (χ2n) is 11.8. The first-order valence-corrected chi connectivity index (χ1v) is 16.4. The molecule has 0 atom stereocenters. The molecular weight excluding hydrogens is 562 g/mol. The number of rotatable bonds is 9. The zero-order valence-electron chi connectivity index (χ0n) is 25.2. The van der Waals surface area contributed by atoms with E-state index in [1.807, 2.05) is 5.38 Å². The Bertz CT molecular complexity index is 1380. The van der Waals surface area contributed by atoms with E-state index in [1.54, 1.807) is 5.51 Å². The van der Waals surface area contributed by atoms with Gasteiger partial charge in [-0.05, 0) is 62.9 Å². The maximum absolute atomic E-state index is 12.6. The molecule has 3 aliphatic rings. The van der Waals surface area contributed by atoms with Gasteiger partial charge in [0.15, 0.2) is 17.3 Å². The molecule has 11 nitrogen and oxygen atoms in total. The zero-order chi connectivity index (χ0) is 29.8. The third-order valence-corrected chi connectivity index (χ3v) is 9.54. The number of ether oxygens (including phenoxy) is 1. The van der Waals surface area contributed by atoms with Crippen molar-refractivity contribution in [2.45, 2.75) is 51.1 Å². The van der Waals surface area contributed by atoms with Gasteiger partial charge >= 0.3 is 0 Å². The lowest BCUT2D eigenvalue weighted by Crippen LogP contribution is -2.52. The quantitative estimate of drug-likeness (QED) is 0.332. The summed E-state index contributed by atoms with van der Waals surface area (Å²) in [5.74, 6) is 0.282. The number of anilines is 4. The Morgan fingerprint density at radius 3 is 2.49 bits per heavy atom. The van der Waals surface area contributed by atoms with E-state index in [0.29, 0.717) is 42.3 Å². The van der Waals surface area contributed by atoms with Gasteiger partial charge in [0.2, 0.25) is 0 Å². The number of piperidine rings is 1. The molecule has 0 radical (unpaired) electrons. The number of nitrogens with two attached hydrogens (primary N) is 1. The maximum Gasteiger partial charge on any atom is 0.271 e. The molecule has 4 N–H and O–H groups in total. The van der Waals surface area contributed by atoms with Crippen LogP contribution in [0.5, 0.6) is 0 Å². The molecule has 43 heavy (non-hydrogen) atoms. The van der Waals surface area contributed by atoms with Crippen molar-refractivity contribution in [2.24, 2.45) is 5.73 Å². The highest BCUT2D eigenvalue weighted by molar-refractivity contribution is 7.07. The number of likely N-dealkylation sites (N-methyl/N-ethyl adjacent to an activating group) is 1. The molecular formula is C31H43N9O2S. The number of hydrogen-bond acceptors (Lipinski definition) is 11. The topological polar surface area (TPSA) is 125 Å². The first-order chi connectivity index (χ1) is 21.0. The Morgan fingerprint density at radius 2 is 1.81 bits per heavy atom. The van der Waals surface area contributed by atoms with Crippen LogP contribution >= 0.6 is 11.3 Å². The van der Waals surface area contributed by atoms with E-state index in [0.717, 1.165) is 51.1 Å². The van der Waals surface area contributed by atoms with Crippen LogP contribution in [0.1, 0.15) is 48.7 Å². The van der Waals surface area contributed by atoms with Crippen LogP contribution in [-0.4, -0.2) is 102 Å². The molecule has 3 aliphatic heterocycles. The van der Waals surface area contributed by atoms with E-state index in [9.17, 15) is 4.79 Å². The van der Waals surface area contributed by atoms with Crippen molar-refractivity contribution in [3.63, 3.8) is 0 Å². The SMILES string of the molecule is CCc1cc(Nc2nc(NC3CCOCC3)c(-c3cscn3)nc2C(N)=O)ccc1N1CCC(N2CCN(C)CC2)CC1. The molecule has 2 aromatic heterocycles. The average Bonchev–Trinajstić information content (AvgIpc) is 3.57. The van der Waals surface area contributed by atoms with E-state index in [-0.39, 0.29) is 11.7 Å². The van der Waals surface area contributed by atoms with E-state index < -0.39 is 5.91 Å². The van der Waals surface area contributed by atoms with Gasteiger partial charge in [-0.1, -0.05) is 6.92 Å². The monoisotopic (exact) mass is 605 g/mol. The molecule has 3 saturated heterocycles. The second-order valence-corrected chi connectivity index (χ2v) is 12.5. The first-order valence-electron chi connectivity index (χ1n) is 15.5. The summed E-state index contributed by atoms with van der Waals surface area (Å²) in [7, 11) is 2.22. The van der Waals surface area contributed by atoms with Gasteiger partial charge in [-0.15, -0.1) is 11.3 Å². The fraction of sp³-hybridized carbons (Fsp3) is 0.548. The van der Waals surface area contributed by atoms with Gasteiger partial charge in [-0.2, -0.15) is 0 Å². The van der Waals surface area contributed by atoms with Gasteiger partial charge in [0.1, 0.15) is 11.4 Å². The molecule has 230 valence electrons. The van der Waals surface area contributed by atoms with Gasteiger partial charge in [0.25, 0.3) is 5.91 Å². The molecule has 0 aliphatic carbocycles. The lowest BCUT2D eigenvalue weighted by molar-refractivity contribution is 0.0904. The Kier molecular flexibility index (Phi) is 9.37. The van der Waals surface area contributed by atoms with Gasteiger partial charge in [-0.25, -0.2) is 15.0 Å². The Labute approximate surface area is 257 Å². The summed E-state index contributed by atoms with van der Waals surface area (Å²) in [5.41, 5.74) is 12.2. The Hall–Kier alpha value is -3.32.